The lowest BCUT2D eigenvalue weighted by Crippen LogP contribution is -2.47. The fourth-order valence-electron chi connectivity index (χ4n) is 8.68. The van der Waals surface area contributed by atoms with E-state index >= 15 is 0 Å². The number of ether oxygens (including phenoxy) is 4. The van der Waals surface area contributed by atoms with Gasteiger partial charge in [0, 0.05) is 63.5 Å². The Labute approximate surface area is 375 Å². The topological polar surface area (TPSA) is 140 Å². The zero-order chi connectivity index (χ0) is 44.8. The number of aryl methyl sites for hydroxylation is 3. The van der Waals surface area contributed by atoms with E-state index in [1.807, 2.05) is 51.2 Å². The normalized spacial score (nSPS) is 14.9. The van der Waals surface area contributed by atoms with Crippen LogP contribution in [0.5, 0.6) is 29.2 Å². The van der Waals surface area contributed by atoms with Crippen molar-refractivity contribution in [3.05, 3.63) is 107 Å². The summed E-state index contributed by atoms with van der Waals surface area (Å²) >= 11 is 0. The van der Waals surface area contributed by atoms with Gasteiger partial charge in [0.05, 0.1) is 38.3 Å². The van der Waals surface area contributed by atoms with E-state index in [-0.39, 0.29) is 41.1 Å². The van der Waals surface area contributed by atoms with Crippen molar-refractivity contribution in [2.75, 3.05) is 83.9 Å². The van der Waals surface area contributed by atoms with Crippen LogP contribution in [-0.2, 0) is 18.3 Å². The largest absolute Gasteiger partial charge is 0.494 e. The Kier molecular flexibility index (Phi) is 13.6. The Morgan fingerprint density at radius 1 is 0.859 bits per heavy atom. The van der Waals surface area contributed by atoms with Crippen molar-refractivity contribution < 1.29 is 28.2 Å². The number of Topliss-reactive ketones (excluding diaryl/α,β-unsaturated/α-hetero) is 1. The summed E-state index contributed by atoms with van der Waals surface area (Å²) in [7, 11) is 5.08. The highest BCUT2D eigenvalue weighted by Gasteiger charge is 2.31. The van der Waals surface area contributed by atoms with Crippen molar-refractivity contribution in [3.8, 4) is 29.2 Å². The first-order valence-corrected chi connectivity index (χ1v) is 22.3. The first-order valence-electron chi connectivity index (χ1n) is 22.3. The van der Waals surface area contributed by atoms with Crippen LogP contribution in [0, 0.1) is 13.8 Å². The monoisotopic (exact) mass is 868 g/mol. The molecular weight excluding hydrogens is 809 g/mol. The van der Waals surface area contributed by atoms with Gasteiger partial charge in [-0.3, -0.25) is 9.69 Å². The molecule has 0 amide bonds. The molecule has 0 spiro atoms. The SMILES string of the molecule is COc1nc(NCCN2CCN(CCCCOc3ccc(N(C)c4nc(C)nc5ccccc45)cc3)CC2)nc(OC)c1CC(=O)c1ccc(Oc2cc3c(cc2C)CCC3(C)C)o1. The summed E-state index contributed by atoms with van der Waals surface area (Å²) in [4.78, 5) is 39.0. The number of carbonyl (C=O) groups is 1. The molecule has 336 valence electrons. The molecule has 1 aliphatic carbocycles. The zero-order valence-corrected chi connectivity index (χ0v) is 38.2. The van der Waals surface area contributed by atoms with Crippen LogP contribution in [0.25, 0.3) is 10.9 Å². The molecule has 1 saturated heterocycles. The quantitative estimate of drug-likeness (QED) is 0.0613. The fourth-order valence-corrected chi connectivity index (χ4v) is 8.68. The molecule has 4 heterocycles. The van der Waals surface area contributed by atoms with E-state index in [4.69, 9.17) is 28.3 Å². The summed E-state index contributed by atoms with van der Waals surface area (Å²) in [6.45, 7) is 15.7. The van der Waals surface area contributed by atoms with Gasteiger partial charge in [-0.15, -0.1) is 0 Å². The molecule has 3 aromatic heterocycles. The molecule has 1 fully saturated rings. The van der Waals surface area contributed by atoms with Crippen molar-refractivity contribution in [2.45, 2.75) is 65.2 Å². The number of furan rings is 1. The number of carbonyl (C=O) groups excluding carboxylic acids is 1. The fraction of sp³-hybridized carbons (Fsp3) is 0.420. The average Bonchev–Trinajstić information content (AvgIpc) is 3.89. The Hall–Kier alpha value is -6.25. The third-order valence-corrected chi connectivity index (χ3v) is 12.4. The van der Waals surface area contributed by atoms with Crippen molar-refractivity contribution >= 4 is 34.1 Å². The molecule has 1 aliphatic heterocycles. The van der Waals surface area contributed by atoms with Crippen LogP contribution in [0.3, 0.4) is 0 Å². The first kappa shape index (κ1) is 44.4. The van der Waals surface area contributed by atoms with Gasteiger partial charge in [0.15, 0.2) is 5.76 Å². The minimum atomic E-state index is -0.273. The standard InChI is InChI=1S/C50H60N8O6/c1-33-30-35-20-21-50(3,4)40(35)32-44(33)64-45-19-18-43(63-45)42(59)31-39-47(60-6)54-49(55-48(39)61-7)51-22-24-58-27-25-57(26-28-58)23-10-11-29-62-37-16-14-36(15-17-37)56(5)46-38-12-8-9-13-41(38)52-34(2)53-46/h8-9,12-19,30,32H,10-11,20-29,31H2,1-7H3,(H,51,54,55). The van der Waals surface area contributed by atoms with Crippen LogP contribution in [0.4, 0.5) is 17.5 Å². The first-order chi connectivity index (χ1) is 31.0. The third-order valence-electron chi connectivity index (χ3n) is 12.4. The molecular formula is C50H60N8O6. The molecule has 0 atom stereocenters. The van der Waals surface area contributed by atoms with Gasteiger partial charge in [-0.25, -0.2) is 9.97 Å². The number of hydrogen-bond donors (Lipinski definition) is 1. The third kappa shape index (κ3) is 10.2. The highest BCUT2D eigenvalue weighted by molar-refractivity contribution is 5.96. The molecule has 3 aromatic carbocycles. The van der Waals surface area contributed by atoms with Crippen LogP contribution < -0.4 is 29.2 Å². The number of fused-ring (bicyclic) bond motifs is 2. The van der Waals surface area contributed by atoms with E-state index in [9.17, 15) is 4.79 Å². The number of para-hydroxylation sites is 1. The maximum absolute atomic E-state index is 13.5. The number of nitrogens with zero attached hydrogens (tertiary/aromatic N) is 7. The molecule has 0 bridgehead atoms. The van der Waals surface area contributed by atoms with Crippen molar-refractivity contribution in [1.29, 1.82) is 0 Å². The van der Waals surface area contributed by atoms with Crippen LogP contribution in [0.2, 0.25) is 0 Å². The number of aromatic nitrogens is 4. The van der Waals surface area contributed by atoms with Gasteiger partial charge >= 0.3 is 0 Å². The number of nitrogens with one attached hydrogen (secondary N) is 1. The summed E-state index contributed by atoms with van der Waals surface area (Å²) in [5, 5.41) is 4.35. The Balaban J connectivity index is 0.744. The van der Waals surface area contributed by atoms with E-state index < -0.39 is 0 Å². The number of rotatable bonds is 19. The molecule has 2 aliphatic rings. The van der Waals surface area contributed by atoms with Gasteiger partial charge in [-0.1, -0.05) is 32.0 Å². The molecule has 64 heavy (non-hydrogen) atoms. The maximum atomic E-state index is 13.5. The van der Waals surface area contributed by atoms with E-state index in [1.54, 1.807) is 12.1 Å². The van der Waals surface area contributed by atoms with E-state index in [2.05, 4.69) is 79.1 Å². The summed E-state index contributed by atoms with van der Waals surface area (Å²) in [6, 6.07) is 23.9. The van der Waals surface area contributed by atoms with Gasteiger partial charge in [-0.2, -0.15) is 9.97 Å². The summed E-state index contributed by atoms with van der Waals surface area (Å²) < 4.78 is 29.4. The number of anilines is 3. The maximum Gasteiger partial charge on any atom is 0.290 e. The summed E-state index contributed by atoms with van der Waals surface area (Å²) in [6.07, 6.45) is 4.18. The van der Waals surface area contributed by atoms with E-state index in [0.29, 0.717) is 24.7 Å². The van der Waals surface area contributed by atoms with Gasteiger partial charge in [-0.05, 0) is 117 Å². The van der Waals surface area contributed by atoms with E-state index in [1.165, 1.54) is 25.3 Å². The molecule has 6 aromatic rings. The Bertz CT molecular complexity index is 2540. The number of ketones is 1. The number of benzene rings is 3. The van der Waals surface area contributed by atoms with Gasteiger partial charge in [0.1, 0.15) is 23.1 Å². The molecule has 14 nitrogen and oxygen atoms in total. The van der Waals surface area contributed by atoms with Gasteiger partial charge < -0.3 is 38.5 Å². The number of methoxy groups -OCH3 is 2. The Morgan fingerprint density at radius 3 is 2.31 bits per heavy atom. The molecule has 0 saturated carbocycles. The lowest BCUT2D eigenvalue weighted by atomic mass is 9.86. The van der Waals surface area contributed by atoms with Crippen molar-refractivity contribution in [2.24, 2.45) is 0 Å². The Morgan fingerprint density at radius 2 is 1.58 bits per heavy atom. The second-order valence-corrected chi connectivity index (χ2v) is 17.4. The molecule has 0 radical (unpaired) electrons. The smallest absolute Gasteiger partial charge is 0.290 e. The second kappa shape index (κ2) is 19.6. The lowest BCUT2D eigenvalue weighted by Gasteiger charge is -2.34. The number of piperazine rings is 1. The lowest BCUT2D eigenvalue weighted by molar-refractivity contribution is 0.0959. The summed E-state index contributed by atoms with van der Waals surface area (Å²) in [5.41, 5.74) is 6.21. The molecule has 1 N–H and O–H groups in total. The zero-order valence-electron chi connectivity index (χ0n) is 38.2. The average molecular weight is 869 g/mol. The van der Waals surface area contributed by atoms with Gasteiger partial charge in [0.2, 0.25) is 23.5 Å². The minimum Gasteiger partial charge on any atom is -0.494 e. The second-order valence-electron chi connectivity index (χ2n) is 17.4. The molecule has 0 unspecified atom stereocenters. The highest BCUT2D eigenvalue weighted by atomic mass is 16.6. The van der Waals surface area contributed by atoms with Crippen molar-refractivity contribution in [1.82, 2.24) is 29.7 Å². The van der Waals surface area contributed by atoms with Crippen LogP contribution >= 0.6 is 0 Å². The molecule has 8 rings (SSSR count). The summed E-state index contributed by atoms with van der Waals surface area (Å²) in [5.74, 6) is 4.30. The minimum absolute atomic E-state index is 0.0704. The van der Waals surface area contributed by atoms with Gasteiger partial charge in [0.25, 0.3) is 5.95 Å². The predicted molar refractivity (Wildman–Crippen MR) is 249 cm³/mol. The predicted octanol–water partition coefficient (Wildman–Crippen LogP) is 8.74. The molecule has 14 heteroatoms. The van der Waals surface area contributed by atoms with Crippen LogP contribution in [0.1, 0.15) is 71.7 Å². The number of unbranched alkanes of at least 4 members (excludes halogenated alkanes) is 1. The van der Waals surface area contributed by atoms with Crippen LogP contribution in [-0.4, -0.2) is 109 Å². The van der Waals surface area contributed by atoms with E-state index in [0.717, 1.165) is 110 Å². The highest BCUT2D eigenvalue weighted by Crippen LogP contribution is 2.42. The van der Waals surface area contributed by atoms with Crippen LogP contribution in [0.15, 0.2) is 77.2 Å². The van der Waals surface area contributed by atoms with Crippen molar-refractivity contribution in [3.63, 3.8) is 0 Å². The number of hydrogen-bond acceptors (Lipinski definition) is 14.